The second kappa shape index (κ2) is 5.28. The highest BCUT2D eigenvalue weighted by molar-refractivity contribution is 7.92. The van der Waals surface area contributed by atoms with E-state index in [-0.39, 0.29) is 4.90 Å². The Balaban J connectivity index is 2.26. The van der Waals surface area contributed by atoms with E-state index in [0.29, 0.717) is 17.3 Å². The van der Waals surface area contributed by atoms with Gasteiger partial charge in [0.2, 0.25) is 0 Å². The van der Waals surface area contributed by atoms with Gasteiger partial charge in [-0.25, -0.2) is 8.42 Å². The van der Waals surface area contributed by atoms with Gasteiger partial charge in [-0.2, -0.15) is 5.10 Å². The smallest absolute Gasteiger partial charge is 0.265 e. The molecule has 0 atom stereocenters. The van der Waals surface area contributed by atoms with E-state index in [2.05, 4.69) is 23.7 Å². The molecular formula is C14H19N3O2S. The Morgan fingerprint density at radius 1 is 1.20 bits per heavy atom. The molecule has 2 aromatic rings. The predicted molar refractivity (Wildman–Crippen MR) is 79.3 cm³/mol. The first-order chi connectivity index (χ1) is 9.31. The van der Waals surface area contributed by atoms with Crippen LogP contribution in [0.2, 0.25) is 0 Å². The van der Waals surface area contributed by atoms with E-state index in [0.717, 1.165) is 0 Å². The van der Waals surface area contributed by atoms with Crippen molar-refractivity contribution in [2.24, 2.45) is 7.05 Å². The Labute approximate surface area is 119 Å². The molecule has 2 rings (SSSR count). The van der Waals surface area contributed by atoms with Crippen LogP contribution in [0.3, 0.4) is 0 Å². The first kappa shape index (κ1) is 14.6. The highest BCUT2D eigenvalue weighted by Crippen LogP contribution is 2.21. The predicted octanol–water partition coefficient (Wildman–Crippen LogP) is 2.65. The molecule has 108 valence electrons. The monoisotopic (exact) mass is 293 g/mol. The van der Waals surface area contributed by atoms with Gasteiger partial charge in [-0.1, -0.05) is 26.0 Å². The van der Waals surface area contributed by atoms with Gasteiger partial charge in [-0.05, 0) is 30.5 Å². The number of anilines is 1. The van der Waals surface area contributed by atoms with Gasteiger partial charge in [0.1, 0.15) is 4.90 Å². The third kappa shape index (κ3) is 2.85. The van der Waals surface area contributed by atoms with Crippen LogP contribution in [0.5, 0.6) is 0 Å². The topological polar surface area (TPSA) is 64.0 Å². The maximum Gasteiger partial charge on any atom is 0.265 e. The second-order valence-corrected chi connectivity index (χ2v) is 6.75. The molecule has 1 aromatic heterocycles. The van der Waals surface area contributed by atoms with Crippen LogP contribution in [0.4, 0.5) is 5.69 Å². The number of hydrogen-bond donors (Lipinski definition) is 1. The summed E-state index contributed by atoms with van der Waals surface area (Å²) in [6.45, 7) is 5.92. The number of aryl methyl sites for hydroxylation is 1. The van der Waals surface area contributed by atoms with Crippen molar-refractivity contribution in [3.63, 3.8) is 0 Å². The second-order valence-electron chi connectivity index (χ2n) is 5.10. The van der Waals surface area contributed by atoms with Crippen LogP contribution in [-0.4, -0.2) is 18.2 Å². The number of rotatable bonds is 4. The minimum absolute atomic E-state index is 0.202. The van der Waals surface area contributed by atoms with E-state index in [1.165, 1.54) is 16.4 Å². The van der Waals surface area contributed by atoms with Gasteiger partial charge in [0.15, 0.2) is 0 Å². The van der Waals surface area contributed by atoms with E-state index >= 15 is 0 Å². The number of aromatic nitrogens is 2. The zero-order valence-electron chi connectivity index (χ0n) is 12.1. The summed E-state index contributed by atoms with van der Waals surface area (Å²) in [6.07, 6.45) is 1.36. The fourth-order valence-electron chi connectivity index (χ4n) is 1.89. The van der Waals surface area contributed by atoms with Crippen molar-refractivity contribution in [1.29, 1.82) is 0 Å². The van der Waals surface area contributed by atoms with Gasteiger partial charge >= 0.3 is 0 Å². The molecule has 0 bridgehead atoms. The van der Waals surface area contributed by atoms with Gasteiger partial charge in [0.25, 0.3) is 10.0 Å². The third-order valence-electron chi connectivity index (χ3n) is 3.31. The van der Waals surface area contributed by atoms with Crippen molar-refractivity contribution >= 4 is 15.7 Å². The molecule has 0 spiro atoms. The number of hydrogen-bond acceptors (Lipinski definition) is 3. The summed E-state index contributed by atoms with van der Waals surface area (Å²) < 4.78 is 28.7. The Morgan fingerprint density at radius 2 is 1.80 bits per heavy atom. The summed E-state index contributed by atoms with van der Waals surface area (Å²) >= 11 is 0. The van der Waals surface area contributed by atoms with Crippen LogP contribution in [0.15, 0.2) is 35.4 Å². The van der Waals surface area contributed by atoms with Crippen molar-refractivity contribution in [1.82, 2.24) is 9.78 Å². The lowest BCUT2D eigenvalue weighted by Gasteiger charge is -2.09. The molecule has 0 saturated carbocycles. The van der Waals surface area contributed by atoms with Gasteiger partial charge < -0.3 is 0 Å². The summed E-state index contributed by atoms with van der Waals surface area (Å²) in [5, 5.41) is 3.96. The molecule has 0 aliphatic carbocycles. The zero-order valence-corrected chi connectivity index (χ0v) is 12.9. The van der Waals surface area contributed by atoms with Crippen molar-refractivity contribution in [2.75, 3.05) is 4.72 Å². The molecular weight excluding hydrogens is 274 g/mol. The van der Waals surface area contributed by atoms with Crippen molar-refractivity contribution in [3.05, 3.63) is 41.7 Å². The fourth-order valence-corrected chi connectivity index (χ4v) is 3.15. The first-order valence-electron chi connectivity index (χ1n) is 6.42. The maximum absolute atomic E-state index is 12.3. The van der Waals surface area contributed by atoms with Crippen molar-refractivity contribution < 1.29 is 8.42 Å². The highest BCUT2D eigenvalue weighted by atomic mass is 32.2. The molecule has 1 N–H and O–H groups in total. The quantitative estimate of drug-likeness (QED) is 0.942. The molecule has 0 saturated heterocycles. The van der Waals surface area contributed by atoms with Crippen molar-refractivity contribution in [2.45, 2.75) is 31.6 Å². The van der Waals surface area contributed by atoms with E-state index in [4.69, 9.17) is 0 Å². The molecule has 20 heavy (non-hydrogen) atoms. The van der Waals surface area contributed by atoms with E-state index in [9.17, 15) is 8.42 Å². The van der Waals surface area contributed by atoms with E-state index in [1.54, 1.807) is 26.1 Å². The van der Waals surface area contributed by atoms with Crippen LogP contribution >= 0.6 is 0 Å². The largest absolute Gasteiger partial charge is 0.280 e. The molecule has 0 fully saturated rings. The van der Waals surface area contributed by atoms with Crippen molar-refractivity contribution in [3.8, 4) is 0 Å². The minimum atomic E-state index is -3.59. The molecule has 6 heteroatoms. The zero-order chi connectivity index (χ0) is 14.9. The van der Waals surface area contributed by atoms with Crippen LogP contribution in [0.1, 0.15) is 31.0 Å². The summed E-state index contributed by atoms with van der Waals surface area (Å²) in [7, 11) is -1.88. The normalized spacial score (nSPS) is 11.8. The molecule has 0 aliphatic rings. The minimum Gasteiger partial charge on any atom is -0.280 e. The Kier molecular flexibility index (Phi) is 3.85. The van der Waals surface area contributed by atoms with E-state index in [1.807, 2.05) is 12.1 Å². The lowest BCUT2D eigenvalue weighted by Crippen LogP contribution is -2.13. The summed E-state index contributed by atoms with van der Waals surface area (Å²) in [6, 6.07) is 7.41. The highest BCUT2D eigenvalue weighted by Gasteiger charge is 2.20. The molecule has 0 aliphatic heterocycles. The SMILES string of the molecule is Cc1c(S(=O)(=O)Nc2ccc(C(C)C)cc2)cnn1C. The first-order valence-corrected chi connectivity index (χ1v) is 7.91. The maximum atomic E-state index is 12.3. The summed E-state index contributed by atoms with van der Waals surface area (Å²) in [4.78, 5) is 0.202. The van der Waals surface area contributed by atoms with Gasteiger partial charge in [0.05, 0.1) is 11.9 Å². The average molecular weight is 293 g/mol. The lowest BCUT2D eigenvalue weighted by molar-refractivity contribution is 0.600. The number of nitrogens with one attached hydrogen (secondary N) is 1. The Bertz CT molecular complexity index is 701. The molecule has 0 unspecified atom stereocenters. The molecule has 5 nitrogen and oxygen atoms in total. The molecule has 1 heterocycles. The summed E-state index contributed by atoms with van der Waals surface area (Å²) in [5.74, 6) is 0.418. The number of sulfonamides is 1. The van der Waals surface area contributed by atoms with Gasteiger partial charge in [0, 0.05) is 12.7 Å². The van der Waals surface area contributed by atoms with Crippen LogP contribution in [0, 0.1) is 6.92 Å². The third-order valence-corrected chi connectivity index (χ3v) is 4.79. The molecule has 0 radical (unpaired) electrons. The average Bonchev–Trinajstić information content (AvgIpc) is 2.71. The van der Waals surface area contributed by atoms with Gasteiger partial charge in [-0.3, -0.25) is 9.40 Å². The van der Waals surface area contributed by atoms with Crippen LogP contribution < -0.4 is 4.72 Å². The van der Waals surface area contributed by atoms with Gasteiger partial charge in [-0.15, -0.1) is 0 Å². The molecule has 0 amide bonds. The van der Waals surface area contributed by atoms with Crippen LogP contribution in [0.25, 0.3) is 0 Å². The Hall–Kier alpha value is -1.82. The Morgan fingerprint density at radius 3 is 2.25 bits per heavy atom. The summed E-state index contributed by atoms with van der Waals surface area (Å²) in [5.41, 5.74) is 2.33. The van der Waals surface area contributed by atoms with E-state index < -0.39 is 10.0 Å². The molecule has 1 aromatic carbocycles. The lowest BCUT2D eigenvalue weighted by atomic mass is 10.0. The number of benzene rings is 1. The number of nitrogens with zero attached hydrogens (tertiary/aromatic N) is 2. The van der Waals surface area contributed by atoms with Crippen LogP contribution in [-0.2, 0) is 17.1 Å². The standard InChI is InChI=1S/C14H19N3O2S/c1-10(2)12-5-7-13(8-6-12)16-20(18,19)14-9-15-17(4)11(14)3/h5-10,16H,1-4H3. The fraction of sp³-hybridized carbons (Fsp3) is 0.357.